The normalized spacial score (nSPS) is 14.6. The minimum Gasteiger partial charge on any atom is -0.370 e. The van der Waals surface area contributed by atoms with Crippen LogP contribution in [0.2, 0.25) is 0 Å². The van der Waals surface area contributed by atoms with Crippen molar-refractivity contribution in [3.63, 3.8) is 0 Å². The minimum atomic E-state index is -0.206. The largest absolute Gasteiger partial charge is 0.370 e. The van der Waals surface area contributed by atoms with Crippen LogP contribution in [0.15, 0.2) is 24.3 Å². The van der Waals surface area contributed by atoms with E-state index in [9.17, 15) is 4.39 Å². The molecule has 0 bridgehead atoms. The molecule has 0 atom stereocenters. The zero-order chi connectivity index (χ0) is 13.2. The zero-order valence-electron chi connectivity index (χ0n) is 11.1. The van der Waals surface area contributed by atoms with Crippen LogP contribution in [0.5, 0.6) is 0 Å². The molecular formula is C15H18FN3. The topological polar surface area (TPSA) is 29.9 Å². The maximum Gasteiger partial charge on any atom is 0.128 e. The minimum absolute atomic E-state index is 0.206. The Balaban J connectivity index is 2.10. The van der Waals surface area contributed by atoms with Crippen molar-refractivity contribution >= 4 is 5.82 Å². The SMILES string of the molecule is CCn1nc(-c2ccc(F)cc2)c2c1NCCCC2. The number of halogens is 1. The number of fused-ring (bicyclic) bond motifs is 1. The molecule has 1 aliphatic rings. The highest BCUT2D eigenvalue weighted by Gasteiger charge is 2.19. The molecule has 0 amide bonds. The van der Waals surface area contributed by atoms with Crippen LogP contribution in [0.1, 0.15) is 25.3 Å². The van der Waals surface area contributed by atoms with Gasteiger partial charge in [0, 0.05) is 24.2 Å². The predicted octanol–water partition coefficient (Wildman–Crippen LogP) is 3.46. The van der Waals surface area contributed by atoms with Crippen LogP contribution in [0, 0.1) is 5.82 Å². The fourth-order valence-corrected chi connectivity index (χ4v) is 2.64. The quantitative estimate of drug-likeness (QED) is 0.895. The van der Waals surface area contributed by atoms with Crippen LogP contribution in [0.25, 0.3) is 11.3 Å². The lowest BCUT2D eigenvalue weighted by Gasteiger charge is -2.06. The van der Waals surface area contributed by atoms with Gasteiger partial charge in [0.2, 0.25) is 0 Å². The Kier molecular flexibility index (Phi) is 3.23. The van der Waals surface area contributed by atoms with Gasteiger partial charge in [-0.15, -0.1) is 0 Å². The summed E-state index contributed by atoms with van der Waals surface area (Å²) in [6, 6.07) is 6.61. The lowest BCUT2D eigenvalue weighted by Crippen LogP contribution is -2.07. The fourth-order valence-electron chi connectivity index (χ4n) is 2.64. The molecule has 0 saturated carbocycles. The van der Waals surface area contributed by atoms with E-state index in [-0.39, 0.29) is 5.82 Å². The van der Waals surface area contributed by atoms with Crippen molar-refractivity contribution < 1.29 is 4.39 Å². The summed E-state index contributed by atoms with van der Waals surface area (Å²) in [6.45, 7) is 3.94. The van der Waals surface area contributed by atoms with Crippen molar-refractivity contribution in [2.75, 3.05) is 11.9 Å². The molecule has 4 heteroatoms. The maximum absolute atomic E-state index is 13.0. The maximum atomic E-state index is 13.0. The Morgan fingerprint density at radius 1 is 1.26 bits per heavy atom. The van der Waals surface area contributed by atoms with Crippen LogP contribution >= 0.6 is 0 Å². The van der Waals surface area contributed by atoms with Gasteiger partial charge in [0.05, 0.1) is 5.69 Å². The number of hydrogen-bond acceptors (Lipinski definition) is 2. The second-order valence-corrected chi connectivity index (χ2v) is 4.88. The Morgan fingerprint density at radius 2 is 2.05 bits per heavy atom. The third-order valence-corrected chi connectivity index (χ3v) is 3.61. The predicted molar refractivity (Wildman–Crippen MR) is 74.7 cm³/mol. The van der Waals surface area contributed by atoms with Gasteiger partial charge in [-0.1, -0.05) is 0 Å². The number of aromatic nitrogens is 2. The molecule has 0 fully saturated rings. The summed E-state index contributed by atoms with van der Waals surface area (Å²) < 4.78 is 15.1. The van der Waals surface area contributed by atoms with E-state index < -0.39 is 0 Å². The molecule has 3 nitrogen and oxygen atoms in total. The summed E-state index contributed by atoms with van der Waals surface area (Å²) in [5.74, 6) is 0.933. The Labute approximate surface area is 112 Å². The van der Waals surface area contributed by atoms with E-state index in [2.05, 4.69) is 17.3 Å². The molecule has 2 aromatic rings. The summed E-state index contributed by atoms with van der Waals surface area (Å²) in [5, 5.41) is 8.16. The summed E-state index contributed by atoms with van der Waals surface area (Å²) in [5.41, 5.74) is 3.26. The van der Waals surface area contributed by atoms with Gasteiger partial charge in [0.25, 0.3) is 0 Å². The average molecular weight is 259 g/mol. The van der Waals surface area contributed by atoms with Gasteiger partial charge in [-0.25, -0.2) is 9.07 Å². The molecule has 1 aliphatic heterocycles. The van der Waals surface area contributed by atoms with E-state index in [0.29, 0.717) is 0 Å². The van der Waals surface area contributed by atoms with E-state index in [1.807, 2.05) is 16.8 Å². The van der Waals surface area contributed by atoms with Crippen LogP contribution in [0.3, 0.4) is 0 Å². The average Bonchev–Trinajstić information content (AvgIpc) is 2.61. The summed E-state index contributed by atoms with van der Waals surface area (Å²) in [4.78, 5) is 0. The van der Waals surface area contributed by atoms with Gasteiger partial charge in [0.1, 0.15) is 11.6 Å². The number of nitrogens with zero attached hydrogens (tertiary/aromatic N) is 2. The second kappa shape index (κ2) is 5.03. The number of aryl methyl sites for hydroxylation is 1. The number of anilines is 1. The number of nitrogens with one attached hydrogen (secondary N) is 1. The number of rotatable bonds is 2. The molecule has 0 radical (unpaired) electrons. The number of benzene rings is 1. The highest BCUT2D eigenvalue weighted by Crippen LogP contribution is 2.32. The number of hydrogen-bond donors (Lipinski definition) is 1. The van der Waals surface area contributed by atoms with Crippen LogP contribution in [0.4, 0.5) is 10.2 Å². The zero-order valence-corrected chi connectivity index (χ0v) is 11.1. The van der Waals surface area contributed by atoms with E-state index in [1.54, 1.807) is 0 Å². The van der Waals surface area contributed by atoms with Crippen molar-refractivity contribution in [3.8, 4) is 11.3 Å². The van der Waals surface area contributed by atoms with Crippen molar-refractivity contribution in [3.05, 3.63) is 35.6 Å². The third kappa shape index (κ3) is 2.23. The highest BCUT2D eigenvalue weighted by atomic mass is 19.1. The van der Waals surface area contributed by atoms with Gasteiger partial charge < -0.3 is 5.32 Å². The van der Waals surface area contributed by atoms with Crippen molar-refractivity contribution in [2.24, 2.45) is 0 Å². The first-order valence-electron chi connectivity index (χ1n) is 6.89. The lowest BCUT2D eigenvalue weighted by molar-refractivity contribution is 0.628. The fraction of sp³-hybridized carbons (Fsp3) is 0.400. The van der Waals surface area contributed by atoms with Crippen molar-refractivity contribution in [2.45, 2.75) is 32.7 Å². The molecule has 19 heavy (non-hydrogen) atoms. The summed E-state index contributed by atoms with van der Waals surface area (Å²) >= 11 is 0. The van der Waals surface area contributed by atoms with E-state index in [0.717, 1.165) is 36.6 Å². The second-order valence-electron chi connectivity index (χ2n) is 4.88. The standard InChI is InChI=1S/C15H18FN3/c1-2-19-15-13(5-3-4-10-17-15)14(18-19)11-6-8-12(16)9-7-11/h6-9,17H,2-5,10H2,1H3. The summed E-state index contributed by atoms with van der Waals surface area (Å²) in [7, 11) is 0. The van der Waals surface area contributed by atoms with Crippen LogP contribution in [-0.2, 0) is 13.0 Å². The molecular weight excluding hydrogens is 241 g/mol. The smallest absolute Gasteiger partial charge is 0.128 e. The van der Waals surface area contributed by atoms with Crippen molar-refractivity contribution in [1.82, 2.24) is 9.78 Å². The van der Waals surface area contributed by atoms with Gasteiger partial charge >= 0.3 is 0 Å². The Hall–Kier alpha value is -1.84. The van der Waals surface area contributed by atoms with Gasteiger partial charge in [-0.3, -0.25) is 0 Å². The lowest BCUT2D eigenvalue weighted by atomic mass is 10.0. The Bertz CT molecular complexity index is 572. The molecule has 100 valence electrons. The van der Waals surface area contributed by atoms with Gasteiger partial charge in [0.15, 0.2) is 0 Å². The molecule has 0 aliphatic carbocycles. The van der Waals surface area contributed by atoms with E-state index in [1.165, 1.54) is 30.5 Å². The molecule has 1 aromatic heterocycles. The van der Waals surface area contributed by atoms with E-state index >= 15 is 0 Å². The molecule has 2 heterocycles. The molecule has 3 rings (SSSR count). The van der Waals surface area contributed by atoms with Gasteiger partial charge in [-0.2, -0.15) is 5.10 Å². The highest BCUT2D eigenvalue weighted by molar-refractivity contribution is 5.69. The molecule has 1 aromatic carbocycles. The van der Waals surface area contributed by atoms with Crippen LogP contribution < -0.4 is 5.32 Å². The molecule has 0 spiro atoms. The monoisotopic (exact) mass is 259 g/mol. The van der Waals surface area contributed by atoms with Crippen molar-refractivity contribution in [1.29, 1.82) is 0 Å². The molecule has 0 saturated heterocycles. The first-order valence-corrected chi connectivity index (χ1v) is 6.89. The first-order chi connectivity index (χ1) is 9.29. The van der Waals surface area contributed by atoms with Crippen LogP contribution in [-0.4, -0.2) is 16.3 Å². The van der Waals surface area contributed by atoms with Gasteiger partial charge in [-0.05, 0) is 50.5 Å². The molecule has 1 N–H and O–H groups in total. The summed E-state index contributed by atoms with van der Waals surface area (Å²) in [6.07, 6.45) is 3.39. The molecule has 0 unspecified atom stereocenters. The Morgan fingerprint density at radius 3 is 2.79 bits per heavy atom. The first kappa shape index (κ1) is 12.2. The van der Waals surface area contributed by atoms with E-state index in [4.69, 9.17) is 0 Å². The third-order valence-electron chi connectivity index (χ3n) is 3.61.